The summed E-state index contributed by atoms with van der Waals surface area (Å²) in [4.78, 5) is 25.8. The molecule has 8 heteroatoms. The minimum Gasteiger partial charge on any atom is -0.475 e. The lowest BCUT2D eigenvalue weighted by atomic mass is 9.93. The highest BCUT2D eigenvalue weighted by Crippen LogP contribution is 2.29. The number of rotatable bonds is 6. The molecule has 158 valence electrons. The first-order valence-corrected chi connectivity index (χ1v) is 9.76. The monoisotopic (exact) mass is 396 g/mol. The van der Waals surface area contributed by atoms with Gasteiger partial charge in [0.1, 0.15) is 11.5 Å². The summed E-state index contributed by atoms with van der Waals surface area (Å²) >= 11 is 0. The summed E-state index contributed by atoms with van der Waals surface area (Å²) in [5.74, 6) is 0.278. The van der Waals surface area contributed by atoms with Gasteiger partial charge in [-0.25, -0.2) is 4.79 Å². The molecular weight excluding hydrogens is 364 g/mol. The highest BCUT2D eigenvalue weighted by molar-refractivity contribution is 5.77. The topological polar surface area (TPSA) is 91.1 Å². The number of hydrogen-bond acceptors (Lipinski definition) is 7. The molecule has 0 saturated carbocycles. The molecule has 1 aromatic rings. The third kappa shape index (κ3) is 6.14. The van der Waals surface area contributed by atoms with Gasteiger partial charge in [-0.05, 0) is 50.6 Å². The summed E-state index contributed by atoms with van der Waals surface area (Å²) in [5, 5.41) is 3.91. The van der Waals surface area contributed by atoms with Crippen LogP contribution in [0.1, 0.15) is 59.1 Å². The summed E-state index contributed by atoms with van der Waals surface area (Å²) in [7, 11) is 1.36. The molecule has 0 N–H and O–H groups in total. The molecule has 1 atom stereocenters. The molecule has 1 aliphatic rings. The van der Waals surface area contributed by atoms with E-state index in [2.05, 4.69) is 5.16 Å². The second-order valence-electron chi connectivity index (χ2n) is 8.53. The van der Waals surface area contributed by atoms with Gasteiger partial charge in [0.15, 0.2) is 5.76 Å². The van der Waals surface area contributed by atoms with E-state index >= 15 is 0 Å². The number of esters is 1. The number of carbonyl (C=O) groups excluding carboxylic acids is 2. The number of aromatic nitrogens is 1. The van der Waals surface area contributed by atoms with Crippen molar-refractivity contribution in [2.45, 2.75) is 59.0 Å². The van der Waals surface area contributed by atoms with E-state index in [0.29, 0.717) is 37.3 Å². The number of nitrogens with zero attached hydrogens (tertiary/aromatic N) is 2. The maximum absolute atomic E-state index is 12.1. The van der Waals surface area contributed by atoms with E-state index in [1.807, 2.05) is 34.6 Å². The zero-order valence-electron chi connectivity index (χ0n) is 17.7. The lowest BCUT2D eigenvalue weighted by Gasteiger charge is -2.33. The first-order chi connectivity index (χ1) is 13.1. The van der Waals surface area contributed by atoms with Crippen LogP contribution in [0.3, 0.4) is 0 Å². The number of amides is 1. The summed E-state index contributed by atoms with van der Waals surface area (Å²) in [6, 6.07) is 1.65. The van der Waals surface area contributed by atoms with Crippen LogP contribution in [0.25, 0.3) is 0 Å². The molecule has 1 amide bonds. The molecule has 0 spiro atoms. The van der Waals surface area contributed by atoms with Crippen LogP contribution >= 0.6 is 0 Å². The van der Waals surface area contributed by atoms with Gasteiger partial charge in [0.25, 0.3) is 5.88 Å². The fraction of sp³-hybridized carbons (Fsp3) is 0.750. The van der Waals surface area contributed by atoms with Crippen molar-refractivity contribution in [1.29, 1.82) is 0 Å². The van der Waals surface area contributed by atoms with Crippen LogP contribution in [-0.4, -0.2) is 54.5 Å². The van der Waals surface area contributed by atoms with E-state index in [1.165, 1.54) is 7.11 Å². The van der Waals surface area contributed by atoms with Gasteiger partial charge in [-0.3, -0.25) is 4.79 Å². The van der Waals surface area contributed by atoms with Crippen LogP contribution < -0.4 is 4.74 Å². The van der Waals surface area contributed by atoms with E-state index < -0.39 is 11.5 Å². The molecule has 2 rings (SSSR count). The fourth-order valence-corrected chi connectivity index (χ4v) is 3.14. The van der Waals surface area contributed by atoms with Gasteiger partial charge in [-0.2, -0.15) is 0 Å². The van der Waals surface area contributed by atoms with Gasteiger partial charge in [0.2, 0.25) is 0 Å². The van der Waals surface area contributed by atoms with Crippen LogP contribution in [0.2, 0.25) is 0 Å². The van der Waals surface area contributed by atoms with Crippen LogP contribution in [0.5, 0.6) is 5.88 Å². The molecule has 0 radical (unpaired) electrons. The van der Waals surface area contributed by atoms with Crippen LogP contribution in [0.15, 0.2) is 10.6 Å². The summed E-state index contributed by atoms with van der Waals surface area (Å²) in [6.45, 7) is 11.2. The minimum absolute atomic E-state index is 0.0189. The Morgan fingerprint density at radius 1 is 1.29 bits per heavy atom. The van der Waals surface area contributed by atoms with E-state index in [-0.39, 0.29) is 18.0 Å². The zero-order chi connectivity index (χ0) is 20.9. The number of ether oxygens (including phenoxy) is 3. The lowest BCUT2D eigenvalue weighted by Crippen LogP contribution is -2.42. The Morgan fingerprint density at radius 3 is 2.46 bits per heavy atom. The van der Waals surface area contributed by atoms with Gasteiger partial charge in [0, 0.05) is 19.2 Å². The molecule has 8 nitrogen and oxygen atoms in total. The number of carbonyl (C=O) groups is 2. The highest BCUT2D eigenvalue weighted by atomic mass is 16.6. The maximum atomic E-state index is 12.1. The molecular formula is C20H32N2O6. The molecule has 28 heavy (non-hydrogen) atoms. The molecule has 0 aliphatic carbocycles. The fourth-order valence-electron chi connectivity index (χ4n) is 3.14. The van der Waals surface area contributed by atoms with Crippen molar-refractivity contribution < 1.29 is 28.3 Å². The standard InChI is InChI=1S/C20H32N2O6/c1-13(2)17(18(23)25-6)15-11-16(21-28-15)26-12-14-7-9-22(10-8-14)19(24)27-20(3,4)5/h11,13-14,17H,7-10,12H2,1-6H3. The van der Waals surface area contributed by atoms with E-state index in [4.69, 9.17) is 18.7 Å². The van der Waals surface area contributed by atoms with Crippen LogP contribution in [0.4, 0.5) is 4.79 Å². The number of hydrogen-bond donors (Lipinski definition) is 0. The first kappa shape index (κ1) is 22.0. The predicted molar refractivity (Wildman–Crippen MR) is 102 cm³/mol. The Bertz CT molecular complexity index is 656. The van der Waals surface area contributed by atoms with E-state index in [0.717, 1.165) is 12.8 Å². The van der Waals surface area contributed by atoms with Crippen molar-refractivity contribution in [3.8, 4) is 5.88 Å². The van der Waals surface area contributed by atoms with Crippen molar-refractivity contribution in [2.75, 3.05) is 26.8 Å². The van der Waals surface area contributed by atoms with E-state index in [9.17, 15) is 9.59 Å². The Morgan fingerprint density at radius 2 is 1.93 bits per heavy atom. The second kappa shape index (κ2) is 9.30. The third-order valence-electron chi connectivity index (χ3n) is 4.67. The normalized spacial score (nSPS) is 16.8. The molecule has 1 aromatic heterocycles. The minimum atomic E-state index is -0.507. The molecule has 0 bridgehead atoms. The number of likely N-dealkylation sites (tertiary alicyclic amines) is 1. The number of piperidine rings is 1. The largest absolute Gasteiger partial charge is 0.475 e. The quantitative estimate of drug-likeness (QED) is 0.678. The Kier molecular flexibility index (Phi) is 7.32. The Hall–Kier alpha value is -2.25. The number of methoxy groups -OCH3 is 1. The second-order valence-corrected chi connectivity index (χ2v) is 8.53. The van der Waals surface area contributed by atoms with Gasteiger partial charge in [-0.15, -0.1) is 0 Å². The van der Waals surface area contributed by atoms with Gasteiger partial charge in [0.05, 0.1) is 13.7 Å². The molecule has 1 unspecified atom stereocenters. The van der Waals surface area contributed by atoms with Gasteiger partial charge in [-0.1, -0.05) is 13.8 Å². The third-order valence-corrected chi connectivity index (χ3v) is 4.67. The van der Waals surface area contributed by atoms with Crippen LogP contribution in [-0.2, 0) is 14.3 Å². The lowest BCUT2D eigenvalue weighted by molar-refractivity contribution is -0.144. The smallest absolute Gasteiger partial charge is 0.410 e. The van der Waals surface area contributed by atoms with Crippen molar-refractivity contribution >= 4 is 12.1 Å². The molecule has 2 heterocycles. The van der Waals surface area contributed by atoms with E-state index in [1.54, 1.807) is 11.0 Å². The summed E-state index contributed by atoms with van der Waals surface area (Å²) in [6.07, 6.45) is 1.40. The molecule has 1 saturated heterocycles. The average molecular weight is 396 g/mol. The Balaban J connectivity index is 1.82. The highest BCUT2D eigenvalue weighted by Gasteiger charge is 2.30. The molecule has 0 aromatic carbocycles. The van der Waals surface area contributed by atoms with Crippen molar-refractivity contribution in [1.82, 2.24) is 10.1 Å². The molecule has 1 fully saturated rings. The van der Waals surface area contributed by atoms with Crippen LogP contribution in [0, 0.1) is 11.8 Å². The predicted octanol–water partition coefficient (Wildman–Crippen LogP) is 3.61. The molecule has 1 aliphatic heterocycles. The van der Waals surface area contributed by atoms with Crippen molar-refractivity contribution in [2.24, 2.45) is 11.8 Å². The summed E-state index contributed by atoms with van der Waals surface area (Å²) < 4.78 is 21.3. The Labute approximate surface area is 166 Å². The maximum Gasteiger partial charge on any atom is 0.410 e. The van der Waals surface area contributed by atoms with Crippen molar-refractivity contribution in [3.05, 3.63) is 11.8 Å². The summed E-state index contributed by atoms with van der Waals surface area (Å²) in [5.41, 5.74) is -0.486. The zero-order valence-corrected chi connectivity index (χ0v) is 17.7. The van der Waals surface area contributed by atoms with Crippen molar-refractivity contribution in [3.63, 3.8) is 0 Å². The SMILES string of the molecule is COC(=O)C(c1cc(OCC2CCN(C(=O)OC(C)(C)C)CC2)no1)C(C)C. The van der Waals surface area contributed by atoms with Gasteiger partial charge >= 0.3 is 12.1 Å². The first-order valence-electron chi connectivity index (χ1n) is 9.76. The average Bonchev–Trinajstić information content (AvgIpc) is 3.07. The van der Waals surface area contributed by atoms with Gasteiger partial charge < -0.3 is 23.6 Å².